The molecule has 0 saturated carbocycles. The quantitative estimate of drug-likeness (QED) is 0.565. The van der Waals surface area contributed by atoms with Gasteiger partial charge in [-0.1, -0.05) is 19.9 Å². The molecule has 0 radical (unpaired) electrons. The van der Waals surface area contributed by atoms with Gasteiger partial charge in [0.25, 0.3) is 0 Å². The van der Waals surface area contributed by atoms with E-state index in [0.29, 0.717) is 6.61 Å². The average Bonchev–Trinajstić information content (AvgIpc) is 2.31. The van der Waals surface area contributed by atoms with Crippen LogP contribution in [0.4, 0.5) is 0 Å². The number of rotatable bonds is 3. The number of hydrogen-bond acceptors (Lipinski definition) is 3. The third-order valence-corrected chi connectivity index (χ3v) is 1.38. The van der Waals surface area contributed by atoms with Crippen molar-refractivity contribution in [2.45, 2.75) is 20.8 Å². The second-order valence-corrected chi connectivity index (χ2v) is 2.37. The second-order valence-electron chi connectivity index (χ2n) is 2.37. The number of ether oxygens (including phenoxy) is 1. The molecule has 0 atom stereocenters. The molecule has 0 unspecified atom stereocenters. The number of hydrogen-bond donors (Lipinski definition) is 0. The van der Waals surface area contributed by atoms with Crippen LogP contribution < -0.4 is 0 Å². The van der Waals surface area contributed by atoms with Gasteiger partial charge < -0.3 is 4.74 Å². The number of esters is 1. The Labute approximate surface area is 90.8 Å². The van der Waals surface area contributed by atoms with Crippen molar-refractivity contribution < 1.29 is 9.53 Å². The van der Waals surface area contributed by atoms with Crippen molar-refractivity contribution in [1.29, 1.82) is 0 Å². The predicted molar refractivity (Wildman–Crippen MR) is 61.3 cm³/mol. The van der Waals surface area contributed by atoms with Gasteiger partial charge in [0, 0.05) is 18.5 Å². The monoisotopic (exact) mass is 207 g/mol. The van der Waals surface area contributed by atoms with Crippen molar-refractivity contribution >= 4 is 12.0 Å². The number of nitrogens with zero attached hydrogens (tertiary/aromatic N) is 1. The minimum absolute atomic E-state index is 0.327. The van der Waals surface area contributed by atoms with Crippen molar-refractivity contribution in [1.82, 2.24) is 4.98 Å². The standard InChI is InChI=1S/C10H11NO2.C2H6/c1-2-13-10(12)6-5-9-4-3-7-11-8-9;1-2/h3-8H,2H2,1H3;1-2H3/b6-5+;. The van der Waals surface area contributed by atoms with Gasteiger partial charge in [-0.25, -0.2) is 4.79 Å². The molecule has 15 heavy (non-hydrogen) atoms. The fourth-order valence-electron chi connectivity index (χ4n) is 0.829. The van der Waals surface area contributed by atoms with Crippen LogP contribution in [0, 0.1) is 0 Å². The van der Waals surface area contributed by atoms with Gasteiger partial charge in [-0.3, -0.25) is 4.98 Å². The first-order chi connectivity index (χ1) is 7.33. The minimum Gasteiger partial charge on any atom is -0.463 e. The van der Waals surface area contributed by atoms with E-state index in [-0.39, 0.29) is 5.97 Å². The highest BCUT2D eigenvalue weighted by molar-refractivity contribution is 5.86. The summed E-state index contributed by atoms with van der Waals surface area (Å²) in [5.74, 6) is -0.327. The Morgan fingerprint density at radius 2 is 2.27 bits per heavy atom. The van der Waals surface area contributed by atoms with Crippen LogP contribution in [0.2, 0.25) is 0 Å². The molecular formula is C12H17NO2. The van der Waals surface area contributed by atoms with E-state index in [9.17, 15) is 4.79 Å². The van der Waals surface area contributed by atoms with Crippen molar-refractivity contribution in [3.63, 3.8) is 0 Å². The first kappa shape index (κ1) is 13.4. The molecule has 82 valence electrons. The Kier molecular flexibility index (Phi) is 7.96. The molecule has 0 aliphatic rings. The highest BCUT2D eigenvalue weighted by Crippen LogP contribution is 1.98. The molecular weight excluding hydrogens is 190 g/mol. The predicted octanol–water partition coefficient (Wildman–Crippen LogP) is 2.68. The van der Waals surface area contributed by atoms with Crippen LogP contribution >= 0.6 is 0 Å². The van der Waals surface area contributed by atoms with Gasteiger partial charge in [-0.05, 0) is 24.6 Å². The average molecular weight is 207 g/mol. The van der Waals surface area contributed by atoms with Gasteiger partial charge in [0.2, 0.25) is 0 Å². The third kappa shape index (κ3) is 6.43. The molecule has 1 heterocycles. The van der Waals surface area contributed by atoms with Gasteiger partial charge in [0.15, 0.2) is 0 Å². The molecule has 3 heteroatoms. The molecule has 1 aromatic heterocycles. The van der Waals surface area contributed by atoms with Gasteiger partial charge in [0.1, 0.15) is 0 Å². The van der Waals surface area contributed by atoms with Crippen LogP contribution in [0.3, 0.4) is 0 Å². The molecule has 1 aromatic rings. The first-order valence-corrected chi connectivity index (χ1v) is 5.08. The summed E-state index contributed by atoms with van der Waals surface area (Å²) in [5, 5.41) is 0. The molecule has 0 N–H and O–H groups in total. The largest absolute Gasteiger partial charge is 0.463 e. The van der Waals surface area contributed by atoms with Crippen molar-refractivity contribution in [2.75, 3.05) is 6.61 Å². The molecule has 1 rings (SSSR count). The highest BCUT2D eigenvalue weighted by Gasteiger charge is 1.92. The van der Waals surface area contributed by atoms with Crippen LogP contribution in [-0.2, 0) is 9.53 Å². The molecule has 3 nitrogen and oxygen atoms in total. The number of carbonyl (C=O) groups excluding carboxylic acids is 1. The zero-order chi connectivity index (χ0) is 11.5. The summed E-state index contributed by atoms with van der Waals surface area (Å²) in [4.78, 5) is 14.8. The Morgan fingerprint density at radius 1 is 1.53 bits per heavy atom. The summed E-state index contributed by atoms with van der Waals surface area (Å²) in [6.07, 6.45) is 6.42. The Hall–Kier alpha value is -1.64. The van der Waals surface area contributed by atoms with Crippen molar-refractivity contribution in [3.05, 3.63) is 36.2 Å². The summed E-state index contributed by atoms with van der Waals surface area (Å²) >= 11 is 0. The zero-order valence-electron chi connectivity index (χ0n) is 9.43. The Bertz CT molecular complexity index is 294. The normalized spacial score (nSPS) is 9.27. The van der Waals surface area contributed by atoms with Crippen LogP contribution in [-0.4, -0.2) is 17.6 Å². The van der Waals surface area contributed by atoms with Crippen LogP contribution in [0.1, 0.15) is 26.3 Å². The summed E-state index contributed by atoms with van der Waals surface area (Å²) < 4.78 is 4.72. The van der Waals surface area contributed by atoms with E-state index >= 15 is 0 Å². The van der Waals surface area contributed by atoms with Gasteiger partial charge in [-0.15, -0.1) is 0 Å². The Morgan fingerprint density at radius 3 is 2.80 bits per heavy atom. The van der Waals surface area contributed by atoms with E-state index in [1.807, 2.05) is 26.0 Å². The zero-order valence-corrected chi connectivity index (χ0v) is 9.43. The van der Waals surface area contributed by atoms with E-state index in [1.54, 1.807) is 25.4 Å². The number of carbonyl (C=O) groups is 1. The third-order valence-electron chi connectivity index (χ3n) is 1.38. The molecule has 0 saturated heterocycles. The molecule has 0 aliphatic heterocycles. The van der Waals surface area contributed by atoms with E-state index in [4.69, 9.17) is 4.74 Å². The summed E-state index contributed by atoms with van der Waals surface area (Å²) in [7, 11) is 0. The lowest BCUT2D eigenvalue weighted by atomic mass is 10.2. The molecule has 0 aromatic carbocycles. The fraction of sp³-hybridized carbons (Fsp3) is 0.333. The maximum atomic E-state index is 10.9. The van der Waals surface area contributed by atoms with Gasteiger partial charge in [0.05, 0.1) is 6.61 Å². The SMILES string of the molecule is CC.CCOC(=O)/C=C/c1cccnc1. The van der Waals surface area contributed by atoms with E-state index in [2.05, 4.69) is 4.98 Å². The molecule has 0 aliphatic carbocycles. The minimum atomic E-state index is -0.327. The van der Waals surface area contributed by atoms with Crippen LogP contribution in [0.25, 0.3) is 6.08 Å². The molecule has 0 bridgehead atoms. The second kappa shape index (κ2) is 8.94. The molecule has 0 fully saturated rings. The lowest BCUT2D eigenvalue weighted by molar-refractivity contribution is -0.137. The lowest BCUT2D eigenvalue weighted by Crippen LogP contribution is -1.98. The number of pyridine rings is 1. The topological polar surface area (TPSA) is 39.2 Å². The fourth-order valence-corrected chi connectivity index (χ4v) is 0.829. The van der Waals surface area contributed by atoms with Crippen LogP contribution in [0.15, 0.2) is 30.6 Å². The highest BCUT2D eigenvalue weighted by atomic mass is 16.5. The van der Waals surface area contributed by atoms with Crippen molar-refractivity contribution in [3.8, 4) is 0 Å². The van der Waals surface area contributed by atoms with Gasteiger partial charge in [-0.2, -0.15) is 0 Å². The lowest BCUT2D eigenvalue weighted by Gasteiger charge is -1.94. The maximum absolute atomic E-state index is 10.9. The van der Waals surface area contributed by atoms with Crippen LogP contribution in [0.5, 0.6) is 0 Å². The summed E-state index contributed by atoms with van der Waals surface area (Å²) in [6, 6.07) is 3.67. The number of aromatic nitrogens is 1. The molecule has 0 spiro atoms. The van der Waals surface area contributed by atoms with E-state index in [1.165, 1.54) is 6.08 Å². The maximum Gasteiger partial charge on any atom is 0.330 e. The van der Waals surface area contributed by atoms with Gasteiger partial charge >= 0.3 is 5.97 Å². The summed E-state index contributed by atoms with van der Waals surface area (Å²) in [6.45, 7) is 6.17. The Balaban J connectivity index is 0.000000921. The van der Waals surface area contributed by atoms with E-state index < -0.39 is 0 Å². The molecule has 0 amide bonds. The van der Waals surface area contributed by atoms with E-state index in [0.717, 1.165) is 5.56 Å². The smallest absolute Gasteiger partial charge is 0.330 e. The summed E-state index contributed by atoms with van der Waals surface area (Å²) in [5.41, 5.74) is 0.885. The van der Waals surface area contributed by atoms with Crippen molar-refractivity contribution in [2.24, 2.45) is 0 Å². The first-order valence-electron chi connectivity index (χ1n) is 5.08.